The zero-order valence-electron chi connectivity index (χ0n) is 12.6. The Kier molecular flexibility index (Phi) is 5.57. The van der Waals surface area contributed by atoms with Crippen molar-refractivity contribution in [1.29, 1.82) is 0 Å². The molecule has 0 saturated carbocycles. The molecule has 1 aliphatic rings. The number of carbonyl (C=O) groups is 1. The van der Waals surface area contributed by atoms with E-state index in [1.165, 1.54) is 0 Å². The van der Waals surface area contributed by atoms with E-state index in [9.17, 15) is 4.79 Å². The second-order valence-electron chi connectivity index (χ2n) is 5.86. The Bertz CT molecular complexity index is 512. The first-order valence-corrected chi connectivity index (χ1v) is 7.70. The highest BCUT2D eigenvalue weighted by Gasteiger charge is 2.30. The number of allylic oxidation sites excluding steroid dienone is 1. The molecule has 1 heterocycles. The smallest absolute Gasteiger partial charge is 0.155 e. The number of rotatable bonds is 5. The third-order valence-electron chi connectivity index (χ3n) is 3.65. The molecule has 1 N–H and O–H groups in total. The Labute approximate surface area is 131 Å². The number of ether oxygens (including phenoxy) is 1. The van der Waals surface area contributed by atoms with Gasteiger partial charge in [-0.05, 0) is 44.0 Å². The summed E-state index contributed by atoms with van der Waals surface area (Å²) >= 11 is 5.83. The van der Waals surface area contributed by atoms with Gasteiger partial charge in [0.25, 0.3) is 0 Å². The third-order valence-corrected chi connectivity index (χ3v) is 3.90. The van der Waals surface area contributed by atoms with Crippen molar-refractivity contribution in [2.75, 3.05) is 13.1 Å². The first-order valence-electron chi connectivity index (χ1n) is 7.32. The molecule has 114 valence electrons. The largest absolute Gasteiger partial charge is 0.370 e. The molecular weight excluding hydrogens is 286 g/mol. The minimum absolute atomic E-state index is 0.119. The quantitative estimate of drug-likeness (QED) is 0.847. The van der Waals surface area contributed by atoms with Crippen LogP contribution in [-0.2, 0) is 9.53 Å². The highest BCUT2D eigenvalue weighted by Crippen LogP contribution is 2.22. The van der Waals surface area contributed by atoms with Crippen molar-refractivity contribution in [3.8, 4) is 0 Å². The topological polar surface area (TPSA) is 38.3 Å². The lowest BCUT2D eigenvalue weighted by atomic mass is 9.96. The number of benzene rings is 1. The van der Waals surface area contributed by atoms with E-state index in [1.54, 1.807) is 6.08 Å². The molecule has 0 radical (unpaired) electrons. The van der Waals surface area contributed by atoms with Crippen molar-refractivity contribution in [2.45, 2.75) is 38.4 Å². The molecule has 0 bridgehead atoms. The minimum atomic E-state index is -0.249. The van der Waals surface area contributed by atoms with E-state index in [-0.39, 0.29) is 17.5 Å². The maximum Gasteiger partial charge on any atom is 0.155 e. The molecule has 3 nitrogen and oxygen atoms in total. The minimum Gasteiger partial charge on any atom is -0.370 e. The highest BCUT2D eigenvalue weighted by molar-refractivity contribution is 6.30. The molecule has 2 atom stereocenters. The summed E-state index contributed by atoms with van der Waals surface area (Å²) in [4.78, 5) is 12.0. The van der Waals surface area contributed by atoms with Gasteiger partial charge in [0, 0.05) is 24.5 Å². The molecule has 0 spiro atoms. The molecule has 1 aliphatic heterocycles. The Morgan fingerprint density at radius 2 is 2.19 bits per heavy atom. The van der Waals surface area contributed by atoms with Crippen LogP contribution in [-0.4, -0.2) is 30.6 Å². The van der Waals surface area contributed by atoms with Gasteiger partial charge in [0.05, 0.1) is 11.7 Å². The van der Waals surface area contributed by atoms with E-state index in [0.29, 0.717) is 11.4 Å². The van der Waals surface area contributed by atoms with E-state index >= 15 is 0 Å². The van der Waals surface area contributed by atoms with E-state index in [2.05, 4.69) is 12.2 Å². The summed E-state index contributed by atoms with van der Waals surface area (Å²) in [6.07, 6.45) is 4.88. The van der Waals surface area contributed by atoms with Crippen LogP contribution in [0.2, 0.25) is 5.02 Å². The van der Waals surface area contributed by atoms with Crippen LogP contribution in [0.5, 0.6) is 0 Å². The number of nitrogens with one attached hydrogen (secondary N) is 1. The molecule has 0 aromatic heterocycles. The second-order valence-corrected chi connectivity index (χ2v) is 6.30. The number of hydrogen-bond donors (Lipinski definition) is 1. The fourth-order valence-corrected chi connectivity index (χ4v) is 2.62. The van der Waals surface area contributed by atoms with Crippen molar-refractivity contribution >= 4 is 23.5 Å². The molecule has 4 heteroatoms. The van der Waals surface area contributed by atoms with Gasteiger partial charge in [-0.1, -0.05) is 29.8 Å². The van der Waals surface area contributed by atoms with E-state index < -0.39 is 0 Å². The zero-order chi connectivity index (χ0) is 15.3. The van der Waals surface area contributed by atoms with Gasteiger partial charge in [-0.2, -0.15) is 0 Å². The van der Waals surface area contributed by atoms with Gasteiger partial charge >= 0.3 is 0 Å². The summed E-state index contributed by atoms with van der Waals surface area (Å²) in [5.41, 5.74) is 0.727. The third kappa shape index (κ3) is 5.27. The Morgan fingerprint density at radius 3 is 2.86 bits per heavy atom. The summed E-state index contributed by atoms with van der Waals surface area (Å²) in [7, 11) is 0. The average Bonchev–Trinajstić information content (AvgIpc) is 2.44. The van der Waals surface area contributed by atoms with Crippen molar-refractivity contribution in [3.63, 3.8) is 0 Å². The van der Waals surface area contributed by atoms with Gasteiger partial charge in [-0.15, -0.1) is 0 Å². The SMILES string of the molecule is CC1CNCC(C)(CCC(=O)C=Cc2ccc(Cl)cc2)O1. The summed E-state index contributed by atoms with van der Waals surface area (Å²) < 4.78 is 5.95. The van der Waals surface area contributed by atoms with Gasteiger partial charge in [0.2, 0.25) is 0 Å². The number of ketones is 1. The molecule has 1 aromatic carbocycles. The summed E-state index contributed by atoms with van der Waals surface area (Å²) in [6.45, 7) is 5.78. The predicted molar refractivity (Wildman–Crippen MR) is 86.5 cm³/mol. The number of halogens is 1. The van der Waals surface area contributed by atoms with Crippen LogP contribution < -0.4 is 5.32 Å². The van der Waals surface area contributed by atoms with Crippen LogP contribution in [0, 0.1) is 0 Å². The lowest BCUT2D eigenvalue weighted by Crippen LogP contribution is -2.51. The molecule has 1 fully saturated rings. The molecular formula is C17H22ClNO2. The Balaban J connectivity index is 1.83. The number of carbonyl (C=O) groups excluding carboxylic acids is 1. The highest BCUT2D eigenvalue weighted by atomic mass is 35.5. The monoisotopic (exact) mass is 307 g/mol. The number of hydrogen-bond acceptors (Lipinski definition) is 3. The number of morpholine rings is 1. The molecule has 1 aromatic rings. The van der Waals surface area contributed by atoms with E-state index in [4.69, 9.17) is 16.3 Å². The van der Waals surface area contributed by atoms with E-state index in [0.717, 1.165) is 25.1 Å². The van der Waals surface area contributed by atoms with Crippen LogP contribution in [0.25, 0.3) is 6.08 Å². The predicted octanol–water partition coefficient (Wildman–Crippen LogP) is 3.47. The van der Waals surface area contributed by atoms with Crippen molar-refractivity contribution < 1.29 is 9.53 Å². The maximum atomic E-state index is 12.0. The maximum absolute atomic E-state index is 12.0. The first-order chi connectivity index (χ1) is 9.97. The Hall–Kier alpha value is -1.16. The molecule has 1 saturated heterocycles. The molecule has 21 heavy (non-hydrogen) atoms. The van der Waals surface area contributed by atoms with Crippen LogP contribution in [0.3, 0.4) is 0 Å². The van der Waals surface area contributed by atoms with Gasteiger partial charge in [-0.25, -0.2) is 0 Å². The van der Waals surface area contributed by atoms with Gasteiger partial charge < -0.3 is 10.1 Å². The second kappa shape index (κ2) is 7.21. The van der Waals surface area contributed by atoms with Gasteiger partial charge in [0.1, 0.15) is 0 Å². The Morgan fingerprint density at radius 1 is 1.48 bits per heavy atom. The van der Waals surface area contributed by atoms with Crippen LogP contribution >= 0.6 is 11.6 Å². The van der Waals surface area contributed by atoms with Crippen LogP contribution in [0.1, 0.15) is 32.3 Å². The van der Waals surface area contributed by atoms with Gasteiger partial charge in [-0.3, -0.25) is 4.79 Å². The first kappa shape index (κ1) is 16.2. The molecule has 2 rings (SSSR count). The molecule has 0 amide bonds. The summed E-state index contributed by atoms with van der Waals surface area (Å²) in [5, 5.41) is 4.04. The fourth-order valence-electron chi connectivity index (χ4n) is 2.49. The van der Waals surface area contributed by atoms with Crippen molar-refractivity contribution in [2.24, 2.45) is 0 Å². The average molecular weight is 308 g/mol. The summed E-state index contributed by atoms with van der Waals surface area (Å²) in [5.74, 6) is 0.119. The molecule has 0 aliphatic carbocycles. The fraction of sp³-hybridized carbons (Fsp3) is 0.471. The molecule has 2 unspecified atom stereocenters. The van der Waals surface area contributed by atoms with Gasteiger partial charge in [0.15, 0.2) is 5.78 Å². The van der Waals surface area contributed by atoms with Crippen molar-refractivity contribution in [1.82, 2.24) is 5.32 Å². The van der Waals surface area contributed by atoms with E-state index in [1.807, 2.05) is 37.3 Å². The van der Waals surface area contributed by atoms with Crippen LogP contribution in [0.15, 0.2) is 30.3 Å². The van der Waals surface area contributed by atoms with Crippen molar-refractivity contribution in [3.05, 3.63) is 40.9 Å². The van der Waals surface area contributed by atoms with Crippen LogP contribution in [0.4, 0.5) is 0 Å². The lowest BCUT2D eigenvalue weighted by molar-refractivity contribution is -0.121. The lowest BCUT2D eigenvalue weighted by Gasteiger charge is -2.38. The normalized spacial score (nSPS) is 26.1. The zero-order valence-corrected chi connectivity index (χ0v) is 13.3. The summed E-state index contributed by atoms with van der Waals surface area (Å²) in [6, 6.07) is 7.41. The standard InChI is InChI=1S/C17H22ClNO2/c1-13-11-19-12-17(2,21-13)10-9-16(20)8-5-14-3-6-15(18)7-4-14/h3-8,13,19H,9-12H2,1-2H3.